The van der Waals surface area contributed by atoms with E-state index in [4.69, 9.17) is 4.42 Å². The first-order chi connectivity index (χ1) is 11.4. The highest BCUT2D eigenvalue weighted by Crippen LogP contribution is 2.25. The lowest BCUT2D eigenvalue weighted by molar-refractivity contribution is 0.290. The Labute approximate surface area is 139 Å². The number of oxazole rings is 1. The van der Waals surface area contributed by atoms with Crippen LogP contribution in [0.5, 0.6) is 0 Å². The predicted molar refractivity (Wildman–Crippen MR) is 94.1 cm³/mol. The summed E-state index contributed by atoms with van der Waals surface area (Å²) in [5.41, 5.74) is 3.79. The largest absolute Gasteiger partial charge is 0.444 e. The number of benzene rings is 1. The summed E-state index contributed by atoms with van der Waals surface area (Å²) in [7, 11) is 0. The fourth-order valence-electron chi connectivity index (χ4n) is 2.89. The Hall–Kier alpha value is -2.17. The number of rotatable bonds is 4. The summed E-state index contributed by atoms with van der Waals surface area (Å²) in [5, 5.41) is 2.04. The Balaban J connectivity index is 1.41. The normalized spacial score (nSPS) is 15.6. The van der Waals surface area contributed by atoms with E-state index in [0.29, 0.717) is 0 Å². The van der Waals surface area contributed by atoms with Gasteiger partial charge in [-0.05, 0) is 29.0 Å². The highest BCUT2D eigenvalue weighted by atomic mass is 32.1. The summed E-state index contributed by atoms with van der Waals surface area (Å²) in [6.45, 7) is 2.86. The number of aromatic nitrogens is 1. The fourth-order valence-corrected chi connectivity index (χ4v) is 3.55. The van der Waals surface area contributed by atoms with E-state index in [1.54, 1.807) is 17.6 Å². The molecular formula is C19H18N2OS. The fraction of sp³-hybridized carbons (Fsp3) is 0.211. The maximum absolute atomic E-state index is 5.60. The lowest BCUT2D eigenvalue weighted by Crippen LogP contribution is -2.28. The molecule has 116 valence electrons. The Morgan fingerprint density at radius 3 is 2.78 bits per heavy atom. The minimum atomic E-state index is 0.729. The molecule has 4 heteroatoms. The van der Waals surface area contributed by atoms with Gasteiger partial charge in [-0.1, -0.05) is 42.5 Å². The zero-order valence-electron chi connectivity index (χ0n) is 12.8. The van der Waals surface area contributed by atoms with Crippen LogP contribution in [0.25, 0.3) is 16.3 Å². The third-order valence-corrected chi connectivity index (χ3v) is 4.97. The van der Waals surface area contributed by atoms with Crippen molar-refractivity contribution in [1.29, 1.82) is 0 Å². The van der Waals surface area contributed by atoms with Gasteiger partial charge in [0.05, 0.1) is 10.6 Å². The van der Waals surface area contributed by atoms with E-state index in [2.05, 4.69) is 46.3 Å². The predicted octanol–water partition coefficient (Wildman–Crippen LogP) is 4.69. The molecule has 0 N–H and O–H groups in total. The highest BCUT2D eigenvalue weighted by Gasteiger charge is 2.15. The van der Waals surface area contributed by atoms with Gasteiger partial charge in [-0.25, -0.2) is 4.98 Å². The van der Waals surface area contributed by atoms with Gasteiger partial charge in [0.2, 0.25) is 5.89 Å². The first-order valence-corrected chi connectivity index (χ1v) is 8.71. The molecule has 1 aliphatic heterocycles. The first kappa shape index (κ1) is 14.4. The van der Waals surface area contributed by atoms with E-state index < -0.39 is 0 Å². The van der Waals surface area contributed by atoms with Crippen molar-refractivity contribution < 1.29 is 4.42 Å². The van der Waals surface area contributed by atoms with Crippen LogP contribution in [0.4, 0.5) is 0 Å². The third kappa shape index (κ3) is 3.28. The monoisotopic (exact) mass is 322 g/mol. The second-order valence-corrected chi connectivity index (χ2v) is 6.65. The van der Waals surface area contributed by atoms with E-state index in [1.807, 2.05) is 17.5 Å². The van der Waals surface area contributed by atoms with E-state index >= 15 is 0 Å². The van der Waals surface area contributed by atoms with Crippen molar-refractivity contribution in [2.45, 2.75) is 13.0 Å². The molecule has 2 aromatic heterocycles. The van der Waals surface area contributed by atoms with Crippen molar-refractivity contribution in [3.05, 3.63) is 71.4 Å². The third-order valence-electron chi connectivity index (χ3n) is 4.11. The molecule has 0 amide bonds. The van der Waals surface area contributed by atoms with Crippen LogP contribution in [0.15, 0.2) is 64.6 Å². The van der Waals surface area contributed by atoms with Gasteiger partial charge in [0.25, 0.3) is 0 Å². The zero-order valence-corrected chi connectivity index (χ0v) is 13.6. The van der Waals surface area contributed by atoms with Crippen LogP contribution in [-0.2, 0) is 6.54 Å². The van der Waals surface area contributed by atoms with Crippen molar-refractivity contribution in [3.8, 4) is 10.8 Å². The first-order valence-electron chi connectivity index (χ1n) is 7.83. The molecule has 1 aliphatic rings. The van der Waals surface area contributed by atoms with Crippen molar-refractivity contribution in [1.82, 2.24) is 9.88 Å². The second-order valence-electron chi connectivity index (χ2n) is 5.70. The Morgan fingerprint density at radius 2 is 2.04 bits per heavy atom. The lowest BCUT2D eigenvalue weighted by atomic mass is 9.99. The zero-order chi connectivity index (χ0) is 15.5. The number of nitrogens with zero attached hydrogens (tertiary/aromatic N) is 2. The smallest absolute Gasteiger partial charge is 0.236 e. The van der Waals surface area contributed by atoms with Crippen molar-refractivity contribution in [3.63, 3.8) is 0 Å². The molecule has 0 saturated carbocycles. The van der Waals surface area contributed by atoms with E-state index in [-0.39, 0.29) is 0 Å². The van der Waals surface area contributed by atoms with E-state index in [0.717, 1.165) is 42.5 Å². The van der Waals surface area contributed by atoms with Gasteiger partial charge >= 0.3 is 0 Å². The van der Waals surface area contributed by atoms with Crippen molar-refractivity contribution >= 4 is 16.9 Å². The van der Waals surface area contributed by atoms with Gasteiger partial charge in [0, 0.05) is 19.6 Å². The summed E-state index contributed by atoms with van der Waals surface area (Å²) < 4.78 is 5.60. The molecule has 0 saturated heterocycles. The maximum Gasteiger partial charge on any atom is 0.236 e. The molecule has 4 rings (SSSR count). The Kier molecular flexibility index (Phi) is 4.09. The van der Waals surface area contributed by atoms with Crippen LogP contribution < -0.4 is 0 Å². The molecule has 0 atom stereocenters. The quantitative estimate of drug-likeness (QED) is 0.697. The molecule has 3 heterocycles. The minimum absolute atomic E-state index is 0.729. The minimum Gasteiger partial charge on any atom is -0.444 e. The van der Waals surface area contributed by atoms with Gasteiger partial charge in [-0.15, -0.1) is 11.3 Å². The topological polar surface area (TPSA) is 29.3 Å². The van der Waals surface area contributed by atoms with E-state index in [1.165, 1.54) is 11.1 Å². The molecule has 1 aromatic carbocycles. The van der Waals surface area contributed by atoms with E-state index in [9.17, 15) is 0 Å². The second kappa shape index (κ2) is 6.52. The summed E-state index contributed by atoms with van der Waals surface area (Å²) in [4.78, 5) is 8.10. The molecule has 0 bridgehead atoms. The molecule has 0 unspecified atom stereocenters. The summed E-state index contributed by atoms with van der Waals surface area (Å²) in [6, 6.07) is 14.7. The molecule has 23 heavy (non-hydrogen) atoms. The number of hydrogen-bond acceptors (Lipinski definition) is 4. The van der Waals surface area contributed by atoms with Gasteiger partial charge < -0.3 is 4.42 Å². The van der Waals surface area contributed by atoms with Gasteiger partial charge in [-0.2, -0.15) is 0 Å². The molecule has 0 radical (unpaired) electrons. The summed E-state index contributed by atoms with van der Waals surface area (Å²) in [6.07, 6.45) is 5.20. The maximum atomic E-state index is 5.60. The van der Waals surface area contributed by atoms with Gasteiger partial charge in [-0.3, -0.25) is 4.90 Å². The van der Waals surface area contributed by atoms with Crippen LogP contribution in [-0.4, -0.2) is 23.0 Å². The van der Waals surface area contributed by atoms with Crippen molar-refractivity contribution in [2.75, 3.05) is 13.1 Å². The molecule has 0 spiro atoms. The molecule has 0 aliphatic carbocycles. The Morgan fingerprint density at radius 1 is 1.13 bits per heavy atom. The van der Waals surface area contributed by atoms with Crippen LogP contribution in [0.1, 0.15) is 17.7 Å². The molecule has 3 aromatic rings. The van der Waals surface area contributed by atoms with Crippen LogP contribution in [0, 0.1) is 0 Å². The summed E-state index contributed by atoms with van der Waals surface area (Å²) >= 11 is 1.65. The standard InChI is InChI=1S/C19H18N2OS/c1-2-5-15(6-3-1)16-8-10-21(11-9-16)13-17-14-22-19(20-17)18-7-4-12-23-18/h1-8,12,14H,9-11,13H2. The highest BCUT2D eigenvalue weighted by molar-refractivity contribution is 7.13. The number of thiophene rings is 1. The number of hydrogen-bond donors (Lipinski definition) is 0. The molecular weight excluding hydrogens is 304 g/mol. The SMILES string of the molecule is C1=C(c2ccccc2)CCN(Cc2coc(-c3cccs3)n2)C1. The Bertz CT molecular complexity index is 790. The van der Waals surface area contributed by atoms with Crippen LogP contribution >= 0.6 is 11.3 Å². The van der Waals surface area contributed by atoms with Gasteiger partial charge in [0.1, 0.15) is 6.26 Å². The molecule has 3 nitrogen and oxygen atoms in total. The lowest BCUT2D eigenvalue weighted by Gasteiger charge is -2.25. The van der Waals surface area contributed by atoms with Crippen LogP contribution in [0.2, 0.25) is 0 Å². The summed E-state index contributed by atoms with van der Waals surface area (Å²) in [5.74, 6) is 0.729. The average molecular weight is 322 g/mol. The van der Waals surface area contributed by atoms with Crippen LogP contribution in [0.3, 0.4) is 0 Å². The average Bonchev–Trinajstić information content (AvgIpc) is 3.28. The van der Waals surface area contributed by atoms with Gasteiger partial charge in [0.15, 0.2) is 0 Å². The molecule has 0 fully saturated rings. The van der Waals surface area contributed by atoms with Crippen molar-refractivity contribution in [2.24, 2.45) is 0 Å².